The van der Waals surface area contributed by atoms with Gasteiger partial charge in [0.15, 0.2) is 0 Å². The molecule has 1 aliphatic carbocycles. The molecule has 1 aliphatic heterocycles. The SMILES string of the molecule is CC(N)NC(=O)c1cc2ccccc2nc1N1CCC(NC2CCCCC2)CC1. The van der Waals surface area contributed by atoms with E-state index in [9.17, 15) is 4.79 Å². The number of nitrogens with one attached hydrogen (secondary N) is 2. The lowest BCUT2D eigenvalue weighted by atomic mass is 9.93. The van der Waals surface area contributed by atoms with Crippen LogP contribution in [0, 0.1) is 0 Å². The monoisotopic (exact) mass is 395 g/mol. The Balaban J connectivity index is 1.51. The van der Waals surface area contributed by atoms with Gasteiger partial charge in [0.1, 0.15) is 5.82 Å². The highest BCUT2D eigenvalue weighted by Gasteiger charge is 2.26. The van der Waals surface area contributed by atoms with E-state index in [2.05, 4.69) is 15.5 Å². The summed E-state index contributed by atoms with van der Waals surface area (Å²) in [5, 5.41) is 7.68. The summed E-state index contributed by atoms with van der Waals surface area (Å²) in [4.78, 5) is 20.0. The number of anilines is 1. The van der Waals surface area contributed by atoms with E-state index in [4.69, 9.17) is 10.7 Å². The molecule has 2 heterocycles. The molecule has 0 spiro atoms. The van der Waals surface area contributed by atoms with E-state index in [1.165, 1.54) is 32.1 Å². The topological polar surface area (TPSA) is 83.3 Å². The number of pyridine rings is 1. The fourth-order valence-electron chi connectivity index (χ4n) is 4.66. The van der Waals surface area contributed by atoms with Gasteiger partial charge in [-0.25, -0.2) is 4.98 Å². The van der Waals surface area contributed by atoms with E-state index in [1.807, 2.05) is 30.3 Å². The lowest BCUT2D eigenvalue weighted by Gasteiger charge is -2.36. The maximum atomic E-state index is 12.8. The van der Waals surface area contributed by atoms with Gasteiger partial charge in [-0.05, 0) is 44.7 Å². The molecule has 2 aliphatic rings. The van der Waals surface area contributed by atoms with Gasteiger partial charge in [-0.2, -0.15) is 0 Å². The maximum Gasteiger partial charge on any atom is 0.256 e. The predicted molar refractivity (Wildman–Crippen MR) is 118 cm³/mol. The maximum absolute atomic E-state index is 12.8. The Morgan fingerprint density at radius 2 is 1.79 bits per heavy atom. The highest BCUT2D eigenvalue weighted by molar-refractivity contribution is 6.02. The highest BCUT2D eigenvalue weighted by atomic mass is 16.1. The average Bonchev–Trinajstić information content (AvgIpc) is 2.73. The molecular formula is C23H33N5O. The van der Waals surface area contributed by atoms with Crippen LogP contribution in [0.15, 0.2) is 30.3 Å². The molecule has 1 aromatic heterocycles. The van der Waals surface area contributed by atoms with Crippen molar-refractivity contribution in [1.29, 1.82) is 0 Å². The third kappa shape index (κ3) is 4.87. The largest absolute Gasteiger partial charge is 0.356 e. The highest BCUT2D eigenvalue weighted by Crippen LogP contribution is 2.27. The normalized spacial score (nSPS) is 20.0. The van der Waals surface area contributed by atoms with Gasteiger partial charge in [0, 0.05) is 30.6 Å². The van der Waals surface area contributed by atoms with Crippen LogP contribution < -0.4 is 21.3 Å². The molecular weight excluding hydrogens is 362 g/mol. The molecule has 0 bridgehead atoms. The van der Waals surface area contributed by atoms with Gasteiger partial charge < -0.3 is 21.3 Å². The van der Waals surface area contributed by atoms with Crippen LogP contribution >= 0.6 is 0 Å². The van der Waals surface area contributed by atoms with Crippen LogP contribution in [0.1, 0.15) is 62.2 Å². The van der Waals surface area contributed by atoms with E-state index in [-0.39, 0.29) is 5.91 Å². The molecule has 4 rings (SSSR count). The van der Waals surface area contributed by atoms with Gasteiger partial charge in [-0.3, -0.25) is 4.79 Å². The van der Waals surface area contributed by atoms with Crippen molar-refractivity contribution in [2.75, 3.05) is 18.0 Å². The number of fused-ring (bicyclic) bond motifs is 1. The summed E-state index contributed by atoms with van der Waals surface area (Å²) in [6.45, 7) is 3.59. The second kappa shape index (κ2) is 9.09. The van der Waals surface area contributed by atoms with Crippen molar-refractivity contribution >= 4 is 22.6 Å². The fraction of sp³-hybridized carbons (Fsp3) is 0.565. The minimum atomic E-state index is -0.396. The lowest BCUT2D eigenvalue weighted by molar-refractivity contribution is 0.0941. The van der Waals surface area contributed by atoms with Crippen molar-refractivity contribution in [3.05, 3.63) is 35.9 Å². The van der Waals surface area contributed by atoms with Crippen molar-refractivity contribution in [2.45, 2.75) is 70.1 Å². The molecule has 6 heteroatoms. The molecule has 29 heavy (non-hydrogen) atoms. The zero-order valence-electron chi connectivity index (χ0n) is 17.4. The zero-order valence-corrected chi connectivity index (χ0v) is 17.4. The molecule has 156 valence electrons. The number of nitrogens with zero attached hydrogens (tertiary/aromatic N) is 2. The van der Waals surface area contributed by atoms with Crippen LogP contribution in [-0.2, 0) is 0 Å². The van der Waals surface area contributed by atoms with Crippen LogP contribution in [0.3, 0.4) is 0 Å². The van der Waals surface area contributed by atoms with Crippen LogP contribution in [0.5, 0.6) is 0 Å². The van der Waals surface area contributed by atoms with E-state index in [1.54, 1.807) is 6.92 Å². The molecule has 0 radical (unpaired) electrons. The Bertz CT molecular complexity index is 838. The summed E-state index contributed by atoms with van der Waals surface area (Å²) in [5.41, 5.74) is 7.33. The summed E-state index contributed by atoms with van der Waals surface area (Å²) < 4.78 is 0. The number of rotatable bonds is 5. The first-order chi connectivity index (χ1) is 14.1. The van der Waals surface area contributed by atoms with Crippen molar-refractivity contribution in [3.63, 3.8) is 0 Å². The number of carbonyl (C=O) groups is 1. The number of amides is 1. The summed E-state index contributed by atoms with van der Waals surface area (Å²) in [5.74, 6) is 0.619. The molecule has 1 unspecified atom stereocenters. The van der Waals surface area contributed by atoms with Gasteiger partial charge in [-0.1, -0.05) is 37.5 Å². The number of aromatic nitrogens is 1. The smallest absolute Gasteiger partial charge is 0.256 e. The third-order valence-corrected chi connectivity index (χ3v) is 6.18. The summed E-state index contributed by atoms with van der Waals surface area (Å²) in [6, 6.07) is 11.2. The van der Waals surface area contributed by atoms with Crippen LogP contribution in [0.4, 0.5) is 5.82 Å². The summed E-state index contributed by atoms with van der Waals surface area (Å²) in [7, 11) is 0. The molecule has 6 nitrogen and oxygen atoms in total. The summed E-state index contributed by atoms with van der Waals surface area (Å²) in [6.07, 6.45) is 8.50. The number of hydrogen-bond donors (Lipinski definition) is 3. The van der Waals surface area contributed by atoms with Crippen LogP contribution in [0.2, 0.25) is 0 Å². The van der Waals surface area contributed by atoms with Crippen molar-refractivity contribution < 1.29 is 4.79 Å². The minimum Gasteiger partial charge on any atom is -0.356 e. The number of piperidine rings is 1. The number of carbonyl (C=O) groups excluding carboxylic acids is 1. The zero-order chi connectivity index (χ0) is 20.2. The first-order valence-electron chi connectivity index (χ1n) is 11.1. The number of hydrogen-bond acceptors (Lipinski definition) is 5. The van der Waals surface area contributed by atoms with Crippen LogP contribution in [0.25, 0.3) is 10.9 Å². The summed E-state index contributed by atoms with van der Waals surface area (Å²) >= 11 is 0. The Morgan fingerprint density at radius 1 is 1.10 bits per heavy atom. The fourth-order valence-corrected chi connectivity index (χ4v) is 4.66. The molecule has 1 aromatic carbocycles. The molecule has 1 amide bonds. The Hall–Kier alpha value is -2.18. The van der Waals surface area contributed by atoms with Crippen molar-refractivity contribution in [3.8, 4) is 0 Å². The van der Waals surface area contributed by atoms with E-state index in [0.717, 1.165) is 42.7 Å². The molecule has 1 atom stereocenters. The third-order valence-electron chi connectivity index (χ3n) is 6.18. The van der Waals surface area contributed by atoms with Gasteiger partial charge >= 0.3 is 0 Å². The van der Waals surface area contributed by atoms with Gasteiger partial charge in [-0.15, -0.1) is 0 Å². The first-order valence-corrected chi connectivity index (χ1v) is 11.1. The average molecular weight is 396 g/mol. The number of nitrogens with two attached hydrogens (primary N) is 1. The van der Waals surface area contributed by atoms with Crippen LogP contribution in [-0.4, -0.2) is 42.2 Å². The molecule has 2 aromatic rings. The van der Waals surface area contributed by atoms with Gasteiger partial charge in [0.2, 0.25) is 0 Å². The van der Waals surface area contributed by atoms with E-state index in [0.29, 0.717) is 17.6 Å². The first kappa shape index (κ1) is 20.1. The second-order valence-corrected chi connectivity index (χ2v) is 8.58. The predicted octanol–water partition coefficient (Wildman–Crippen LogP) is 3.16. The Morgan fingerprint density at radius 3 is 2.52 bits per heavy atom. The number of benzene rings is 1. The van der Waals surface area contributed by atoms with E-state index >= 15 is 0 Å². The standard InChI is InChI=1S/C23H33N5O/c1-16(24)25-23(29)20-15-17-7-5-6-10-21(17)27-22(20)28-13-11-19(12-14-28)26-18-8-3-2-4-9-18/h5-7,10,15-16,18-19,26H,2-4,8-9,11-14,24H2,1H3,(H,25,29). The molecule has 4 N–H and O–H groups in total. The second-order valence-electron chi connectivity index (χ2n) is 8.58. The molecule has 2 fully saturated rings. The van der Waals surface area contributed by atoms with Crippen molar-refractivity contribution in [1.82, 2.24) is 15.6 Å². The van der Waals surface area contributed by atoms with E-state index < -0.39 is 6.17 Å². The van der Waals surface area contributed by atoms with Crippen molar-refractivity contribution in [2.24, 2.45) is 5.73 Å². The van der Waals surface area contributed by atoms with Gasteiger partial charge in [0.25, 0.3) is 5.91 Å². The quantitative estimate of drug-likeness (QED) is 0.678. The Labute approximate surface area is 173 Å². The molecule has 1 saturated carbocycles. The number of para-hydroxylation sites is 1. The Kier molecular flexibility index (Phi) is 6.31. The van der Waals surface area contributed by atoms with Gasteiger partial charge in [0.05, 0.1) is 17.2 Å². The lowest BCUT2D eigenvalue weighted by Crippen LogP contribution is -2.47. The molecule has 1 saturated heterocycles. The minimum absolute atomic E-state index is 0.157.